The molecule has 0 spiro atoms. The zero-order valence-electron chi connectivity index (χ0n) is 21.5. The zero-order valence-corrected chi connectivity index (χ0v) is 22.3. The van der Waals surface area contributed by atoms with E-state index in [1.165, 1.54) is 11.8 Å². The molecule has 0 bridgehead atoms. The molecule has 2 atom stereocenters. The lowest BCUT2D eigenvalue weighted by molar-refractivity contribution is 0.0987. The standard InChI is InChI=1S/C27H36N6O2S/c1-21-26(22(2)30(3)29-21)20-36(34,35)25-9-10-27(28-17-25)33-12-11-24(19-33)32-15-13-31(14-16-32)18-23-7-5-4-6-8-23/h4-10,17,24H,11-16,18-20H2,1-3H3. The van der Waals surface area contributed by atoms with Crippen molar-refractivity contribution in [3.8, 4) is 0 Å². The summed E-state index contributed by atoms with van der Waals surface area (Å²) in [5.41, 5.74) is 3.78. The summed E-state index contributed by atoms with van der Waals surface area (Å²) in [7, 11) is -1.65. The van der Waals surface area contributed by atoms with Crippen LogP contribution >= 0.6 is 0 Å². The number of nitrogens with zero attached hydrogens (tertiary/aromatic N) is 6. The minimum Gasteiger partial charge on any atom is -0.610 e. The quantitative estimate of drug-likeness (QED) is 0.454. The van der Waals surface area contributed by atoms with Crippen LogP contribution in [0.4, 0.5) is 5.82 Å². The second kappa shape index (κ2) is 10.4. The summed E-state index contributed by atoms with van der Waals surface area (Å²) in [5, 5.41) is 4.35. The molecule has 2 aromatic heterocycles. The predicted molar refractivity (Wildman–Crippen MR) is 142 cm³/mol. The van der Waals surface area contributed by atoms with Gasteiger partial charge in [0, 0.05) is 70.2 Å². The fourth-order valence-corrected chi connectivity index (χ4v) is 6.87. The second-order valence-corrected chi connectivity index (χ2v) is 12.1. The van der Waals surface area contributed by atoms with E-state index < -0.39 is 10.2 Å². The Morgan fingerprint density at radius 1 is 1.03 bits per heavy atom. The van der Waals surface area contributed by atoms with Crippen molar-refractivity contribution in [2.45, 2.75) is 43.5 Å². The zero-order chi connectivity index (χ0) is 25.3. The molecule has 2 unspecified atom stereocenters. The highest BCUT2D eigenvalue weighted by atomic mass is 32.3. The summed E-state index contributed by atoms with van der Waals surface area (Å²) in [6.07, 6.45) is 2.63. The van der Waals surface area contributed by atoms with E-state index >= 15 is 0 Å². The lowest BCUT2D eigenvalue weighted by Crippen LogP contribution is -2.50. The molecule has 0 radical (unpaired) electrons. The SMILES string of the molecule is Cc1nn(C)c(C)c1C[S+](=O)([O-])c1ccc(N2CCC(N3CCN(Cc4ccccc4)CC3)C2)nc1. The van der Waals surface area contributed by atoms with E-state index in [4.69, 9.17) is 0 Å². The molecule has 0 amide bonds. The lowest BCUT2D eigenvalue weighted by atomic mass is 10.1. The van der Waals surface area contributed by atoms with E-state index in [1.807, 2.05) is 27.0 Å². The number of hydrogen-bond donors (Lipinski definition) is 0. The van der Waals surface area contributed by atoms with Crippen molar-refractivity contribution in [1.29, 1.82) is 0 Å². The van der Waals surface area contributed by atoms with Gasteiger partial charge in [0.2, 0.25) is 0 Å². The number of hydrogen-bond acceptors (Lipinski definition) is 7. The molecule has 0 N–H and O–H groups in total. The average Bonchev–Trinajstić information content (AvgIpc) is 3.46. The third kappa shape index (κ3) is 5.39. The van der Waals surface area contributed by atoms with E-state index in [0.717, 1.165) is 75.0 Å². The van der Waals surface area contributed by atoms with Crippen LogP contribution in [0.1, 0.15) is 28.9 Å². The average molecular weight is 509 g/mol. The van der Waals surface area contributed by atoms with Crippen LogP contribution in [0.3, 0.4) is 0 Å². The van der Waals surface area contributed by atoms with Gasteiger partial charge in [0.15, 0.2) is 4.90 Å². The van der Waals surface area contributed by atoms with Crippen molar-refractivity contribution in [2.75, 3.05) is 44.2 Å². The minimum absolute atomic E-state index is 0.0540. The second-order valence-electron chi connectivity index (χ2n) is 10.1. The normalized spacial score (nSPS) is 21.1. The van der Waals surface area contributed by atoms with Crippen LogP contribution in [0.5, 0.6) is 0 Å². The first kappa shape index (κ1) is 25.1. The Hall–Kier alpha value is -2.59. The van der Waals surface area contributed by atoms with E-state index in [9.17, 15) is 8.76 Å². The molecule has 0 saturated carbocycles. The van der Waals surface area contributed by atoms with Crippen molar-refractivity contribution < 1.29 is 8.76 Å². The maximum absolute atomic E-state index is 13.0. The first-order valence-corrected chi connectivity index (χ1v) is 14.4. The topological polar surface area (TPSA) is 80.6 Å². The number of aromatic nitrogens is 3. The molecule has 9 heteroatoms. The van der Waals surface area contributed by atoms with E-state index in [0.29, 0.717) is 6.04 Å². The Kier molecular flexibility index (Phi) is 7.25. The molecule has 192 valence electrons. The smallest absolute Gasteiger partial charge is 0.174 e. The Bertz CT molecular complexity index is 1220. The van der Waals surface area contributed by atoms with Gasteiger partial charge in [-0.15, -0.1) is 4.21 Å². The maximum Gasteiger partial charge on any atom is 0.174 e. The number of sulfone groups is 1. The Morgan fingerprint density at radius 3 is 2.42 bits per heavy atom. The molecule has 0 aliphatic carbocycles. The molecule has 2 aliphatic heterocycles. The van der Waals surface area contributed by atoms with E-state index in [1.54, 1.807) is 10.7 Å². The van der Waals surface area contributed by atoms with Crippen LogP contribution in [-0.2, 0) is 33.8 Å². The number of piperazine rings is 1. The molecule has 2 aliphatic rings. The van der Waals surface area contributed by atoms with Crippen LogP contribution in [0.2, 0.25) is 0 Å². The van der Waals surface area contributed by atoms with Gasteiger partial charge >= 0.3 is 0 Å². The van der Waals surface area contributed by atoms with Crippen molar-refractivity contribution in [3.05, 3.63) is 71.2 Å². The summed E-state index contributed by atoms with van der Waals surface area (Å²) in [4.78, 5) is 12.2. The molecule has 2 fully saturated rings. The first-order valence-electron chi connectivity index (χ1n) is 12.7. The summed E-state index contributed by atoms with van der Waals surface area (Å²) in [6.45, 7) is 11.0. The molecule has 1 aromatic carbocycles. The first-order chi connectivity index (χ1) is 17.3. The van der Waals surface area contributed by atoms with Gasteiger partial charge in [-0.1, -0.05) is 30.3 Å². The molecule has 4 heterocycles. The van der Waals surface area contributed by atoms with Gasteiger partial charge in [-0.25, -0.2) is 4.98 Å². The Morgan fingerprint density at radius 2 is 1.78 bits per heavy atom. The summed E-state index contributed by atoms with van der Waals surface area (Å²) < 4.78 is 27.8. The Balaban J connectivity index is 1.15. The van der Waals surface area contributed by atoms with Crippen molar-refractivity contribution in [2.24, 2.45) is 7.05 Å². The third-order valence-electron chi connectivity index (χ3n) is 7.73. The number of anilines is 1. The highest BCUT2D eigenvalue weighted by molar-refractivity contribution is 7.96. The molecule has 5 rings (SSSR count). The van der Waals surface area contributed by atoms with Crippen molar-refractivity contribution >= 4 is 16.0 Å². The van der Waals surface area contributed by atoms with Crippen LogP contribution in [0, 0.1) is 13.8 Å². The summed E-state index contributed by atoms with van der Waals surface area (Å²) in [5.74, 6) is 0.801. The summed E-state index contributed by atoms with van der Waals surface area (Å²) in [6, 6.07) is 14.8. The van der Waals surface area contributed by atoms with Gasteiger partial charge < -0.3 is 9.45 Å². The maximum atomic E-state index is 13.0. The molecule has 36 heavy (non-hydrogen) atoms. The van der Waals surface area contributed by atoms with Gasteiger partial charge in [-0.2, -0.15) is 5.10 Å². The van der Waals surface area contributed by atoms with Gasteiger partial charge in [0.05, 0.1) is 22.1 Å². The number of aryl methyl sites for hydroxylation is 2. The van der Waals surface area contributed by atoms with Gasteiger partial charge in [-0.05, 0) is 38.0 Å². The molecular formula is C27H36N6O2S. The minimum atomic E-state index is -3.49. The number of benzene rings is 1. The predicted octanol–water partition coefficient (Wildman–Crippen LogP) is 3.02. The number of rotatable bonds is 7. The number of pyridine rings is 1. The van der Waals surface area contributed by atoms with Crippen molar-refractivity contribution in [3.63, 3.8) is 0 Å². The third-order valence-corrected chi connectivity index (χ3v) is 9.36. The summed E-state index contributed by atoms with van der Waals surface area (Å²) >= 11 is 0. The van der Waals surface area contributed by atoms with Crippen LogP contribution in [0.15, 0.2) is 53.6 Å². The monoisotopic (exact) mass is 508 g/mol. The van der Waals surface area contributed by atoms with Crippen molar-refractivity contribution in [1.82, 2.24) is 24.6 Å². The Labute approximate surface area is 215 Å². The highest BCUT2D eigenvalue weighted by Crippen LogP contribution is 2.27. The van der Waals surface area contributed by atoms with Gasteiger partial charge in [0.1, 0.15) is 11.6 Å². The van der Waals surface area contributed by atoms with Crippen LogP contribution < -0.4 is 4.90 Å². The van der Waals surface area contributed by atoms with E-state index in [2.05, 4.69) is 55.1 Å². The van der Waals surface area contributed by atoms with Crippen LogP contribution in [-0.4, -0.2) is 74.4 Å². The highest BCUT2D eigenvalue weighted by Gasteiger charge is 2.31. The fourth-order valence-electron chi connectivity index (χ4n) is 5.42. The van der Waals surface area contributed by atoms with Gasteiger partial charge in [-0.3, -0.25) is 14.5 Å². The largest absolute Gasteiger partial charge is 0.610 e. The molecule has 3 aromatic rings. The fraction of sp³-hybridized carbons (Fsp3) is 0.481. The van der Waals surface area contributed by atoms with Gasteiger partial charge in [0.25, 0.3) is 0 Å². The molecule has 8 nitrogen and oxygen atoms in total. The van der Waals surface area contributed by atoms with Crippen LogP contribution in [0.25, 0.3) is 0 Å². The molecule has 2 saturated heterocycles. The van der Waals surface area contributed by atoms with E-state index in [-0.39, 0.29) is 10.6 Å². The molecular weight excluding hydrogens is 472 g/mol. The lowest BCUT2D eigenvalue weighted by Gasteiger charge is -2.38.